The van der Waals surface area contributed by atoms with Gasteiger partial charge in [-0.15, -0.1) is 0 Å². The van der Waals surface area contributed by atoms with Gasteiger partial charge in [0.2, 0.25) is 11.2 Å². The number of carbonyl (C=O) groups excluding carboxylic acids is 2. The number of ether oxygens (including phenoxy) is 2. The van der Waals surface area contributed by atoms with Gasteiger partial charge in [0.15, 0.2) is 0 Å². The van der Waals surface area contributed by atoms with Crippen LogP contribution in [0.25, 0.3) is 11.2 Å². The molecule has 0 radical (unpaired) electrons. The third-order valence-electron chi connectivity index (χ3n) is 2.56. The summed E-state index contributed by atoms with van der Waals surface area (Å²) in [6, 6.07) is 2.93. The maximum absolute atomic E-state index is 12.1. The molecule has 22 heavy (non-hydrogen) atoms. The Morgan fingerprint density at radius 1 is 0.773 bits per heavy atom. The average molecular weight is 308 g/mol. The van der Waals surface area contributed by atoms with Crippen LogP contribution in [-0.2, 0) is 9.47 Å². The van der Waals surface area contributed by atoms with Crippen LogP contribution >= 0.6 is 0 Å². The van der Waals surface area contributed by atoms with E-state index in [9.17, 15) is 9.59 Å². The molecule has 0 fully saturated rings. The van der Waals surface area contributed by atoms with Crippen LogP contribution in [0.2, 0.25) is 0 Å². The van der Waals surface area contributed by atoms with Crippen molar-refractivity contribution in [3.8, 4) is 0 Å². The summed E-state index contributed by atoms with van der Waals surface area (Å²) in [6.45, 7) is 10.6. The van der Waals surface area contributed by atoms with E-state index < -0.39 is 23.1 Å². The van der Waals surface area contributed by atoms with Crippen LogP contribution < -0.4 is 0 Å². The molecule has 0 amide bonds. The summed E-state index contributed by atoms with van der Waals surface area (Å²) in [5, 5.41) is 0. The van der Waals surface area contributed by atoms with E-state index in [0.29, 0.717) is 0 Å². The van der Waals surface area contributed by atoms with Crippen molar-refractivity contribution in [2.75, 3.05) is 0 Å². The zero-order chi connectivity index (χ0) is 16.7. The molecule has 6 heteroatoms. The molecule has 0 spiro atoms. The van der Waals surface area contributed by atoms with Gasteiger partial charge in [0, 0.05) is 0 Å². The lowest BCUT2D eigenvalue weighted by Gasteiger charge is -2.21. The Morgan fingerprint density at radius 3 is 1.32 bits per heavy atom. The minimum Gasteiger partial charge on any atom is -0.456 e. The van der Waals surface area contributed by atoms with Crippen LogP contribution in [0.4, 0.5) is 0 Å². The monoisotopic (exact) mass is 308 g/mol. The number of rotatable bonds is 2. The molecule has 0 unspecified atom stereocenters. The smallest absolute Gasteiger partial charge is 0.342 e. The lowest BCUT2D eigenvalue weighted by molar-refractivity contribution is 0.00255. The molecule has 0 aliphatic heterocycles. The topological polar surface area (TPSA) is 78.9 Å². The van der Waals surface area contributed by atoms with Crippen molar-refractivity contribution in [1.82, 2.24) is 0 Å². The molecular weight excluding hydrogens is 288 g/mol. The van der Waals surface area contributed by atoms with E-state index in [-0.39, 0.29) is 22.3 Å². The van der Waals surface area contributed by atoms with Gasteiger partial charge in [-0.3, -0.25) is 9.15 Å². The second kappa shape index (κ2) is 5.19. The van der Waals surface area contributed by atoms with Gasteiger partial charge < -0.3 is 9.47 Å². The van der Waals surface area contributed by atoms with Crippen molar-refractivity contribution in [2.45, 2.75) is 52.7 Å². The number of hydrogen-bond acceptors (Lipinski definition) is 6. The highest BCUT2D eigenvalue weighted by Gasteiger charge is 2.29. The van der Waals surface area contributed by atoms with E-state index in [4.69, 9.17) is 18.6 Å². The molecule has 0 saturated heterocycles. The van der Waals surface area contributed by atoms with Gasteiger partial charge in [-0.05, 0) is 53.7 Å². The normalized spacial score (nSPS) is 12.5. The zero-order valence-electron chi connectivity index (χ0n) is 13.6. The van der Waals surface area contributed by atoms with Gasteiger partial charge >= 0.3 is 11.9 Å². The molecule has 6 nitrogen and oxygen atoms in total. The van der Waals surface area contributed by atoms with Crippen LogP contribution in [0.3, 0.4) is 0 Å². The van der Waals surface area contributed by atoms with Crippen LogP contribution in [0.15, 0.2) is 21.3 Å². The predicted octanol–water partition coefficient (Wildman–Crippen LogP) is 3.94. The summed E-state index contributed by atoms with van der Waals surface area (Å²) < 4.78 is 20.3. The highest BCUT2D eigenvalue weighted by atomic mass is 17.0. The summed E-state index contributed by atoms with van der Waals surface area (Å²) >= 11 is 0. The van der Waals surface area contributed by atoms with Crippen LogP contribution in [-0.4, -0.2) is 23.1 Å². The first-order valence-electron chi connectivity index (χ1n) is 6.96. The van der Waals surface area contributed by atoms with Gasteiger partial charge in [-0.2, -0.15) is 0 Å². The summed E-state index contributed by atoms with van der Waals surface area (Å²) in [5.41, 5.74) is -0.446. The van der Waals surface area contributed by atoms with Crippen molar-refractivity contribution < 1.29 is 28.2 Å². The lowest BCUT2D eigenvalue weighted by Crippen LogP contribution is -2.25. The Labute approximate surface area is 128 Å². The fourth-order valence-electron chi connectivity index (χ4n) is 1.77. The lowest BCUT2D eigenvalue weighted by atomic mass is 10.1. The standard InChI is InChI=1S/C16H20O6/c1-15(2,3)19-13(17)9-7-8-10(12-11(9)21-22-12)14(18)20-16(4,5)6/h7-8H,1-6H3. The molecule has 0 saturated carbocycles. The van der Waals surface area contributed by atoms with E-state index >= 15 is 0 Å². The van der Waals surface area contributed by atoms with E-state index in [0.717, 1.165) is 0 Å². The molecule has 0 N–H and O–H groups in total. The summed E-state index contributed by atoms with van der Waals surface area (Å²) in [5.74, 6) is -1.08. The van der Waals surface area contributed by atoms with Gasteiger partial charge in [-0.25, -0.2) is 9.59 Å². The van der Waals surface area contributed by atoms with Crippen molar-refractivity contribution in [1.29, 1.82) is 0 Å². The minimum absolute atomic E-state index is 0.192. The summed E-state index contributed by atoms with van der Waals surface area (Å²) in [6.07, 6.45) is 0. The van der Waals surface area contributed by atoms with Gasteiger partial charge in [0.05, 0.1) is 0 Å². The Kier molecular flexibility index (Phi) is 3.81. The van der Waals surface area contributed by atoms with Crippen molar-refractivity contribution in [3.05, 3.63) is 23.3 Å². The minimum atomic E-state index is -0.627. The average Bonchev–Trinajstić information content (AvgIpc) is 2.24. The van der Waals surface area contributed by atoms with E-state index in [1.54, 1.807) is 41.5 Å². The van der Waals surface area contributed by atoms with Gasteiger partial charge in [-0.1, -0.05) is 0 Å². The molecular formula is C16H20O6. The molecule has 0 aliphatic carbocycles. The Balaban J connectivity index is 2.32. The molecule has 0 bridgehead atoms. The van der Waals surface area contributed by atoms with Crippen molar-refractivity contribution in [2.24, 2.45) is 0 Å². The maximum atomic E-state index is 12.1. The van der Waals surface area contributed by atoms with Crippen LogP contribution in [0.5, 0.6) is 0 Å². The number of benzene rings is 1. The molecule has 0 atom stereocenters. The first-order valence-corrected chi connectivity index (χ1v) is 6.96. The molecule has 1 aromatic carbocycles. The predicted molar refractivity (Wildman–Crippen MR) is 78.8 cm³/mol. The molecule has 1 heterocycles. The van der Waals surface area contributed by atoms with Crippen molar-refractivity contribution >= 4 is 23.1 Å². The van der Waals surface area contributed by atoms with Crippen molar-refractivity contribution in [3.63, 3.8) is 0 Å². The zero-order valence-corrected chi connectivity index (χ0v) is 13.6. The summed E-state index contributed by atoms with van der Waals surface area (Å²) in [7, 11) is 0. The fraction of sp³-hybridized carbons (Fsp3) is 0.500. The number of carbonyl (C=O) groups is 2. The highest BCUT2D eigenvalue weighted by Crippen LogP contribution is 2.29. The third kappa shape index (κ3) is 3.50. The molecule has 2 rings (SSSR count). The summed E-state index contributed by atoms with van der Waals surface area (Å²) in [4.78, 5) is 24.2. The SMILES string of the molecule is CC(C)(C)OC(=O)c1ccc(C(=O)OC(C)(C)C)c2ooc12. The van der Waals surface area contributed by atoms with Crippen LogP contribution in [0, 0.1) is 0 Å². The quantitative estimate of drug-likeness (QED) is 0.617. The Morgan fingerprint density at radius 2 is 1.09 bits per heavy atom. The number of fused-ring (bicyclic) bond motifs is 1. The molecule has 1 aromatic heterocycles. The Hall–Kier alpha value is -2.24. The van der Waals surface area contributed by atoms with E-state index in [1.165, 1.54) is 12.1 Å². The first kappa shape index (κ1) is 16.1. The maximum Gasteiger partial charge on any atom is 0.342 e. The Bertz CT molecular complexity index is 644. The molecule has 2 aromatic rings. The first-order chi connectivity index (χ1) is 9.98. The fourth-order valence-corrected chi connectivity index (χ4v) is 1.77. The van der Waals surface area contributed by atoms with Gasteiger partial charge in [0.25, 0.3) is 0 Å². The molecule has 0 aliphatic rings. The second-order valence-corrected chi connectivity index (χ2v) is 6.99. The van der Waals surface area contributed by atoms with E-state index in [1.807, 2.05) is 0 Å². The van der Waals surface area contributed by atoms with E-state index in [2.05, 4.69) is 0 Å². The second-order valence-electron chi connectivity index (χ2n) is 6.99. The number of hydrogen-bond donors (Lipinski definition) is 0. The molecule has 120 valence electrons. The van der Waals surface area contributed by atoms with Gasteiger partial charge in [0.1, 0.15) is 22.3 Å². The highest BCUT2D eigenvalue weighted by molar-refractivity contribution is 6.08. The number of esters is 2. The third-order valence-corrected chi connectivity index (χ3v) is 2.56. The van der Waals surface area contributed by atoms with Crippen LogP contribution in [0.1, 0.15) is 62.3 Å². The largest absolute Gasteiger partial charge is 0.456 e.